The second-order valence-electron chi connectivity index (χ2n) is 4.38. The van der Waals surface area contributed by atoms with Crippen molar-refractivity contribution in [2.75, 3.05) is 23.7 Å². The number of rotatable bonds is 0. The van der Waals surface area contributed by atoms with Gasteiger partial charge in [-0.2, -0.15) is 0 Å². The SMILES string of the molecule is CC.CC.CC.Nc1cc2c3c(c1)CCCN3CCC2. The van der Waals surface area contributed by atoms with E-state index in [4.69, 9.17) is 5.73 Å². The molecule has 20 heavy (non-hydrogen) atoms. The molecular formula is C18H34N2. The van der Waals surface area contributed by atoms with Crippen LogP contribution in [0.4, 0.5) is 11.4 Å². The van der Waals surface area contributed by atoms with Gasteiger partial charge in [-0.15, -0.1) is 0 Å². The van der Waals surface area contributed by atoms with E-state index in [0.29, 0.717) is 0 Å². The van der Waals surface area contributed by atoms with Crippen molar-refractivity contribution < 1.29 is 0 Å². The summed E-state index contributed by atoms with van der Waals surface area (Å²) in [5.74, 6) is 0. The molecule has 0 unspecified atom stereocenters. The first-order valence-electron chi connectivity index (χ1n) is 8.51. The van der Waals surface area contributed by atoms with Crippen LogP contribution in [0.25, 0.3) is 0 Å². The highest BCUT2D eigenvalue weighted by Crippen LogP contribution is 2.36. The Kier molecular flexibility index (Phi) is 9.96. The molecule has 1 aromatic carbocycles. The minimum absolute atomic E-state index is 0.947. The Morgan fingerprint density at radius 2 is 1.20 bits per heavy atom. The van der Waals surface area contributed by atoms with E-state index in [1.165, 1.54) is 55.6 Å². The molecule has 0 amide bonds. The quantitative estimate of drug-likeness (QED) is 0.673. The molecule has 2 nitrogen and oxygen atoms in total. The Labute approximate surface area is 126 Å². The fourth-order valence-electron chi connectivity index (χ4n) is 2.83. The van der Waals surface area contributed by atoms with Crippen molar-refractivity contribution in [1.29, 1.82) is 0 Å². The van der Waals surface area contributed by atoms with E-state index >= 15 is 0 Å². The molecule has 0 saturated carbocycles. The molecular weight excluding hydrogens is 244 g/mol. The van der Waals surface area contributed by atoms with Gasteiger partial charge in [-0.3, -0.25) is 0 Å². The lowest BCUT2D eigenvalue weighted by Gasteiger charge is -2.37. The number of hydrogen-bond acceptors (Lipinski definition) is 2. The van der Waals surface area contributed by atoms with Crippen molar-refractivity contribution in [2.24, 2.45) is 0 Å². The van der Waals surface area contributed by atoms with E-state index in [1.807, 2.05) is 41.5 Å². The zero-order valence-electron chi connectivity index (χ0n) is 14.4. The smallest absolute Gasteiger partial charge is 0.0432 e. The van der Waals surface area contributed by atoms with Crippen LogP contribution >= 0.6 is 0 Å². The Balaban J connectivity index is 0.000000538. The van der Waals surface area contributed by atoms with Gasteiger partial charge in [-0.1, -0.05) is 41.5 Å². The Morgan fingerprint density at radius 3 is 1.60 bits per heavy atom. The van der Waals surface area contributed by atoms with Crippen LogP contribution in [0.2, 0.25) is 0 Å². The molecule has 0 atom stereocenters. The fraction of sp³-hybridized carbons (Fsp3) is 0.667. The molecule has 0 spiro atoms. The zero-order chi connectivity index (χ0) is 15.5. The molecule has 0 radical (unpaired) electrons. The van der Waals surface area contributed by atoms with Gasteiger partial charge in [-0.05, 0) is 48.9 Å². The maximum Gasteiger partial charge on any atom is 0.0432 e. The molecule has 0 bridgehead atoms. The molecule has 3 rings (SSSR count). The average molecular weight is 278 g/mol. The van der Waals surface area contributed by atoms with Gasteiger partial charge in [0.15, 0.2) is 0 Å². The summed E-state index contributed by atoms with van der Waals surface area (Å²) in [6.07, 6.45) is 5.00. The van der Waals surface area contributed by atoms with Crippen LogP contribution < -0.4 is 10.6 Å². The average Bonchev–Trinajstić information content (AvgIpc) is 2.53. The summed E-state index contributed by atoms with van der Waals surface area (Å²) in [6, 6.07) is 4.33. The van der Waals surface area contributed by atoms with Crippen molar-refractivity contribution in [1.82, 2.24) is 0 Å². The molecule has 0 aromatic heterocycles. The van der Waals surface area contributed by atoms with Crippen molar-refractivity contribution in [3.63, 3.8) is 0 Å². The summed E-state index contributed by atoms with van der Waals surface area (Å²) in [6.45, 7) is 14.5. The molecule has 116 valence electrons. The number of hydrogen-bond donors (Lipinski definition) is 1. The predicted molar refractivity (Wildman–Crippen MR) is 93.8 cm³/mol. The van der Waals surface area contributed by atoms with Crippen LogP contribution in [0.15, 0.2) is 12.1 Å². The maximum absolute atomic E-state index is 5.91. The van der Waals surface area contributed by atoms with Crippen molar-refractivity contribution in [3.8, 4) is 0 Å². The molecule has 2 heteroatoms. The lowest BCUT2D eigenvalue weighted by atomic mass is 9.91. The number of benzene rings is 1. The van der Waals surface area contributed by atoms with Crippen molar-refractivity contribution in [2.45, 2.75) is 67.2 Å². The second kappa shape index (κ2) is 10.6. The number of nitrogens with two attached hydrogens (primary N) is 1. The summed E-state index contributed by atoms with van der Waals surface area (Å²) in [5, 5.41) is 0. The van der Waals surface area contributed by atoms with Crippen LogP contribution in [0.5, 0.6) is 0 Å². The first-order valence-corrected chi connectivity index (χ1v) is 8.51. The van der Waals surface area contributed by atoms with E-state index < -0.39 is 0 Å². The fourth-order valence-corrected chi connectivity index (χ4v) is 2.83. The molecule has 2 aliphatic rings. The summed E-state index contributed by atoms with van der Waals surface area (Å²) in [4.78, 5) is 2.54. The van der Waals surface area contributed by atoms with Gasteiger partial charge in [0.1, 0.15) is 0 Å². The lowest BCUT2D eigenvalue weighted by Crippen LogP contribution is -2.34. The van der Waals surface area contributed by atoms with Gasteiger partial charge < -0.3 is 10.6 Å². The standard InChI is InChI=1S/C12H16N2.3C2H6/c13-11-7-9-3-1-5-14-6-2-4-10(8-11)12(9)14;3*1-2/h7-8H,1-6,13H2;3*1-2H3. The van der Waals surface area contributed by atoms with Crippen molar-refractivity contribution >= 4 is 11.4 Å². The predicted octanol–water partition coefficient (Wildman–Crippen LogP) is 5.05. The second-order valence-corrected chi connectivity index (χ2v) is 4.38. The van der Waals surface area contributed by atoms with Crippen LogP contribution in [-0.2, 0) is 12.8 Å². The van der Waals surface area contributed by atoms with E-state index in [-0.39, 0.29) is 0 Å². The minimum atomic E-state index is 0.947. The summed E-state index contributed by atoms with van der Waals surface area (Å²) < 4.78 is 0. The van der Waals surface area contributed by atoms with Gasteiger partial charge in [0.05, 0.1) is 0 Å². The molecule has 1 aromatic rings. The number of anilines is 2. The monoisotopic (exact) mass is 278 g/mol. The highest BCUT2D eigenvalue weighted by Gasteiger charge is 2.23. The molecule has 2 N–H and O–H groups in total. The largest absolute Gasteiger partial charge is 0.399 e. The van der Waals surface area contributed by atoms with Crippen LogP contribution in [0.1, 0.15) is 65.5 Å². The Morgan fingerprint density at radius 1 is 0.800 bits per heavy atom. The number of aryl methyl sites for hydroxylation is 2. The van der Waals surface area contributed by atoms with Gasteiger partial charge in [0.2, 0.25) is 0 Å². The van der Waals surface area contributed by atoms with Gasteiger partial charge in [-0.25, -0.2) is 0 Å². The summed E-state index contributed by atoms with van der Waals surface area (Å²) in [7, 11) is 0. The summed E-state index contributed by atoms with van der Waals surface area (Å²) >= 11 is 0. The van der Waals surface area contributed by atoms with E-state index in [9.17, 15) is 0 Å². The molecule has 0 aliphatic carbocycles. The van der Waals surface area contributed by atoms with E-state index in [2.05, 4.69) is 17.0 Å². The molecule has 0 fully saturated rings. The number of nitrogens with zero attached hydrogens (tertiary/aromatic N) is 1. The van der Waals surface area contributed by atoms with Gasteiger partial charge >= 0.3 is 0 Å². The maximum atomic E-state index is 5.91. The lowest BCUT2D eigenvalue weighted by molar-refractivity contribution is 0.634. The van der Waals surface area contributed by atoms with Crippen LogP contribution in [-0.4, -0.2) is 13.1 Å². The van der Waals surface area contributed by atoms with E-state index in [0.717, 1.165) is 5.69 Å². The first kappa shape index (κ1) is 18.8. The van der Waals surface area contributed by atoms with Crippen LogP contribution in [0.3, 0.4) is 0 Å². The highest BCUT2D eigenvalue weighted by molar-refractivity contribution is 5.67. The Bertz CT molecular complexity index is 341. The molecule has 0 saturated heterocycles. The van der Waals surface area contributed by atoms with Crippen molar-refractivity contribution in [3.05, 3.63) is 23.3 Å². The zero-order valence-corrected chi connectivity index (χ0v) is 14.4. The minimum Gasteiger partial charge on any atom is -0.399 e. The first-order chi connectivity index (χ1) is 9.84. The third-order valence-electron chi connectivity index (χ3n) is 3.35. The third-order valence-corrected chi connectivity index (χ3v) is 3.35. The van der Waals surface area contributed by atoms with Crippen LogP contribution in [0, 0.1) is 0 Å². The van der Waals surface area contributed by atoms with Gasteiger partial charge in [0.25, 0.3) is 0 Å². The van der Waals surface area contributed by atoms with E-state index in [1.54, 1.807) is 0 Å². The summed E-state index contributed by atoms with van der Waals surface area (Å²) in [5.41, 5.74) is 11.3. The topological polar surface area (TPSA) is 29.3 Å². The number of nitrogen functional groups attached to an aromatic ring is 1. The normalized spacial score (nSPS) is 14.4. The Hall–Kier alpha value is -1.18. The van der Waals surface area contributed by atoms with Gasteiger partial charge in [0, 0.05) is 24.5 Å². The highest BCUT2D eigenvalue weighted by atomic mass is 15.1. The molecule has 2 heterocycles. The third kappa shape index (κ3) is 4.43. The molecule has 2 aliphatic heterocycles.